The highest BCUT2D eigenvalue weighted by atomic mass is 35.5. The Morgan fingerprint density at radius 3 is 2.50 bits per heavy atom. The average Bonchev–Trinajstić information content (AvgIpc) is 2.32. The van der Waals surface area contributed by atoms with E-state index < -0.39 is 0 Å². The fraction of sp³-hybridized carbons (Fsp3) is 0.538. The summed E-state index contributed by atoms with van der Waals surface area (Å²) in [5.41, 5.74) is 6.61. The molecule has 1 aromatic rings. The van der Waals surface area contributed by atoms with Crippen LogP contribution in [0.25, 0.3) is 0 Å². The summed E-state index contributed by atoms with van der Waals surface area (Å²) >= 11 is 7.55. The van der Waals surface area contributed by atoms with Gasteiger partial charge in [0.15, 0.2) is 6.29 Å². The van der Waals surface area contributed by atoms with Crippen molar-refractivity contribution in [1.82, 2.24) is 0 Å². The molecule has 0 fully saturated rings. The number of ether oxygens (including phenoxy) is 2. The molecule has 18 heavy (non-hydrogen) atoms. The van der Waals surface area contributed by atoms with Crippen LogP contribution in [-0.2, 0) is 9.47 Å². The molecule has 0 amide bonds. The van der Waals surface area contributed by atoms with Gasteiger partial charge < -0.3 is 15.2 Å². The normalized spacial score (nSPS) is 11.1. The van der Waals surface area contributed by atoms with Gasteiger partial charge in [0.1, 0.15) is 0 Å². The average molecular weight is 290 g/mol. The number of halogens is 1. The van der Waals surface area contributed by atoms with Gasteiger partial charge in [-0.3, -0.25) is 0 Å². The van der Waals surface area contributed by atoms with Gasteiger partial charge in [0.2, 0.25) is 0 Å². The summed E-state index contributed by atoms with van der Waals surface area (Å²) in [5.74, 6) is 0.899. The number of hydrogen-bond donors (Lipinski definition) is 1. The van der Waals surface area contributed by atoms with E-state index in [0.717, 1.165) is 22.8 Å². The molecule has 5 heteroatoms. The van der Waals surface area contributed by atoms with Crippen molar-refractivity contribution in [3.05, 3.63) is 23.2 Å². The van der Waals surface area contributed by atoms with Crippen LogP contribution in [0.15, 0.2) is 23.1 Å². The zero-order valence-electron chi connectivity index (χ0n) is 10.8. The topological polar surface area (TPSA) is 44.5 Å². The number of anilines is 1. The summed E-state index contributed by atoms with van der Waals surface area (Å²) < 4.78 is 11.0. The van der Waals surface area contributed by atoms with Gasteiger partial charge in [-0.15, -0.1) is 11.8 Å². The lowest BCUT2D eigenvalue weighted by Crippen LogP contribution is -2.18. The van der Waals surface area contributed by atoms with Crippen molar-refractivity contribution in [2.24, 2.45) is 0 Å². The predicted molar refractivity (Wildman–Crippen MR) is 78.2 cm³/mol. The molecule has 0 aliphatic rings. The molecule has 1 aromatic carbocycles. The first kappa shape index (κ1) is 15.6. The van der Waals surface area contributed by atoms with Crippen molar-refractivity contribution in [1.29, 1.82) is 0 Å². The van der Waals surface area contributed by atoms with Crippen molar-refractivity contribution in [3.63, 3.8) is 0 Å². The molecule has 0 bridgehead atoms. The van der Waals surface area contributed by atoms with E-state index in [1.807, 2.05) is 26.0 Å². The van der Waals surface area contributed by atoms with E-state index in [4.69, 9.17) is 26.8 Å². The van der Waals surface area contributed by atoms with Gasteiger partial charge in [0.25, 0.3) is 0 Å². The highest BCUT2D eigenvalue weighted by Gasteiger charge is 2.08. The van der Waals surface area contributed by atoms with E-state index in [9.17, 15) is 0 Å². The lowest BCUT2D eigenvalue weighted by molar-refractivity contribution is -0.136. The highest BCUT2D eigenvalue weighted by molar-refractivity contribution is 7.99. The Labute approximate surface area is 118 Å². The third kappa shape index (κ3) is 5.48. The van der Waals surface area contributed by atoms with Crippen LogP contribution in [0.3, 0.4) is 0 Å². The predicted octanol–water partition coefficient (Wildman–Crippen LogP) is 3.80. The Morgan fingerprint density at radius 2 is 1.94 bits per heavy atom. The molecule has 0 aliphatic heterocycles. The van der Waals surface area contributed by atoms with Crippen LogP contribution >= 0.6 is 23.4 Å². The van der Waals surface area contributed by atoms with Crippen LogP contribution in [0.5, 0.6) is 0 Å². The molecular weight excluding hydrogens is 270 g/mol. The van der Waals surface area contributed by atoms with Gasteiger partial charge in [0, 0.05) is 41.0 Å². The van der Waals surface area contributed by atoms with E-state index >= 15 is 0 Å². The summed E-state index contributed by atoms with van der Waals surface area (Å²) in [6, 6.07) is 5.56. The monoisotopic (exact) mass is 289 g/mol. The summed E-state index contributed by atoms with van der Waals surface area (Å²) in [7, 11) is 0. The molecule has 0 aliphatic carbocycles. The van der Waals surface area contributed by atoms with Gasteiger partial charge in [-0.1, -0.05) is 11.6 Å². The van der Waals surface area contributed by atoms with Gasteiger partial charge in [-0.05, 0) is 32.0 Å². The van der Waals surface area contributed by atoms with Crippen molar-refractivity contribution in [3.8, 4) is 0 Å². The largest absolute Gasteiger partial charge is 0.398 e. The second-order valence-corrected chi connectivity index (χ2v) is 5.23. The second kappa shape index (κ2) is 8.64. The zero-order chi connectivity index (χ0) is 13.4. The van der Waals surface area contributed by atoms with E-state index in [1.54, 1.807) is 17.8 Å². The number of thioether (sulfide) groups is 1. The second-order valence-electron chi connectivity index (χ2n) is 3.66. The standard InChI is InChI=1S/C13H20ClNO2S/c1-3-16-13(17-4-2)7-8-18-12-6-5-10(14)9-11(12)15/h5-6,9,13H,3-4,7-8,15H2,1-2H3. The number of rotatable bonds is 8. The Bertz CT molecular complexity index is 357. The smallest absolute Gasteiger partial charge is 0.158 e. The van der Waals surface area contributed by atoms with Crippen molar-refractivity contribution >= 4 is 29.1 Å². The van der Waals surface area contributed by atoms with Gasteiger partial charge in [-0.25, -0.2) is 0 Å². The van der Waals surface area contributed by atoms with E-state index in [0.29, 0.717) is 18.2 Å². The molecule has 3 nitrogen and oxygen atoms in total. The fourth-order valence-electron chi connectivity index (χ4n) is 1.50. The minimum atomic E-state index is -0.124. The minimum absolute atomic E-state index is 0.124. The van der Waals surface area contributed by atoms with Crippen LogP contribution in [0, 0.1) is 0 Å². The first-order chi connectivity index (χ1) is 8.67. The summed E-state index contributed by atoms with van der Waals surface area (Å²) in [6.07, 6.45) is 0.718. The van der Waals surface area contributed by atoms with E-state index in [2.05, 4.69) is 0 Å². The SMILES string of the molecule is CCOC(CCSc1ccc(Cl)cc1N)OCC. The molecule has 0 radical (unpaired) electrons. The maximum absolute atomic E-state index is 5.89. The Morgan fingerprint density at radius 1 is 1.28 bits per heavy atom. The molecule has 2 N–H and O–H groups in total. The Hall–Kier alpha value is -0.420. The van der Waals surface area contributed by atoms with Gasteiger partial charge in [0.05, 0.1) is 0 Å². The Balaban J connectivity index is 2.39. The summed E-state index contributed by atoms with van der Waals surface area (Å²) in [4.78, 5) is 1.05. The highest BCUT2D eigenvalue weighted by Crippen LogP contribution is 2.28. The number of benzene rings is 1. The minimum Gasteiger partial charge on any atom is -0.398 e. The summed E-state index contributed by atoms with van der Waals surface area (Å²) in [5, 5.41) is 0.665. The summed E-state index contributed by atoms with van der Waals surface area (Å²) in [6.45, 7) is 5.27. The quantitative estimate of drug-likeness (QED) is 0.449. The molecule has 0 spiro atoms. The van der Waals surface area contributed by atoms with Crippen molar-refractivity contribution in [2.45, 2.75) is 31.5 Å². The maximum atomic E-state index is 5.89. The number of nitrogen functional groups attached to an aromatic ring is 1. The molecule has 0 heterocycles. The molecule has 102 valence electrons. The fourth-order valence-corrected chi connectivity index (χ4v) is 2.60. The maximum Gasteiger partial charge on any atom is 0.158 e. The lowest BCUT2D eigenvalue weighted by atomic mass is 10.3. The molecule has 0 atom stereocenters. The van der Waals surface area contributed by atoms with E-state index in [1.165, 1.54) is 0 Å². The van der Waals surface area contributed by atoms with Crippen LogP contribution < -0.4 is 5.73 Å². The first-order valence-corrected chi connectivity index (χ1v) is 7.44. The van der Waals surface area contributed by atoms with E-state index in [-0.39, 0.29) is 6.29 Å². The number of hydrogen-bond acceptors (Lipinski definition) is 4. The molecule has 1 rings (SSSR count). The van der Waals surface area contributed by atoms with Crippen LogP contribution in [-0.4, -0.2) is 25.3 Å². The van der Waals surface area contributed by atoms with Crippen molar-refractivity contribution < 1.29 is 9.47 Å². The van der Waals surface area contributed by atoms with Crippen molar-refractivity contribution in [2.75, 3.05) is 24.7 Å². The van der Waals surface area contributed by atoms with Gasteiger partial charge in [-0.2, -0.15) is 0 Å². The van der Waals surface area contributed by atoms with Crippen LogP contribution in [0.1, 0.15) is 20.3 Å². The van der Waals surface area contributed by atoms with Gasteiger partial charge >= 0.3 is 0 Å². The molecule has 0 saturated carbocycles. The zero-order valence-corrected chi connectivity index (χ0v) is 12.4. The van der Waals surface area contributed by atoms with Crippen LogP contribution in [0.2, 0.25) is 5.02 Å². The first-order valence-electron chi connectivity index (χ1n) is 6.08. The lowest BCUT2D eigenvalue weighted by Gasteiger charge is -2.16. The number of nitrogens with two attached hydrogens (primary N) is 1. The molecule has 0 saturated heterocycles. The molecule has 0 unspecified atom stereocenters. The third-order valence-electron chi connectivity index (χ3n) is 2.29. The molecule has 0 aromatic heterocycles. The third-order valence-corrected chi connectivity index (χ3v) is 3.65. The molecular formula is C13H20ClNO2S. The Kier molecular flexibility index (Phi) is 7.51. The van der Waals surface area contributed by atoms with Crippen LogP contribution in [0.4, 0.5) is 5.69 Å².